The zero-order valence-corrected chi connectivity index (χ0v) is 8.54. The smallest absolute Gasteiger partial charge is 0.278 e. The highest BCUT2D eigenvalue weighted by Gasteiger charge is 2.04. The molecule has 0 aliphatic rings. The maximum atomic E-state index is 11.4. The summed E-state index contributed by atoms with van der Waals surface area (Å²) in [7, 11) is 3.53. The number of nitrogens with zero attached hydrogens (tertiary/aromatic N) is 3. The minimum Gasteiger partial charge on any atom is -0.369 e. The maximum Gasteiger partial charge on any atom is 0.278 e. The second-order valence-electron chi connectivity index (χ2n) is 3.10. The molecule has 1 heterocycles. The Morgan fingerprint density at radius 2 is 2.27 bits per heavy atom. The van der Waals surface area contributed by atoms with Gasteiger partial charge in [0.05, 0.1) is 6.34 Å². The molecule has 1 rings (SSSR count). The molecular formula is C10H11N3O2. The van der Waals surface area contributed by atoms with Gasteiger partial charge in [0.15, 0.2) is 6.29 Å². The van der Waals surface area contributed by atoms with Crippen molar-refractivity contribution >= 4 is 18.5 Å². The van der Waals surface area contributed by atoms with Crippen LogP contribution in [0.25, 0.3) is 0 Å². The summed E-state index contributed by atoms with van der Waals surface area (Å²) in [5.74, 6) is -0.394. The fraction of sp³-hybridized carbons (Fsp3) is 0.200. The van der Waals surface area contributed by atoms with Gasteiger partial charge in [-0.2, -0.15) is 4.99 Å². The number of amides is 1. The molecule has 0 atom stereocenters. The molecule has 5 nitrogen and oxygen atoms in total. The number of hydrogen-bond donors (Lipinski definition) is 0. The predicted molar refractivity (Wildman–Crippen MR) is 56.1 cm³/mol. The van der Waals surface area contributed by atoms with E-state index in [2.05, 4.69) is 9.98 Å². The van der Waals surface area contributed by atoms with E-state index in [-0.39, 0.29) is 5.69 Å². The Bertz CT molecular complexity index is 399. The number of pyridine rings is 1. The maximum absolute atomic E-state index is 11.4. The molecule has 0 unspecified atom stereocenters. The van der Waals surface area contributed by atoms with Gasteiger partial charge >= 0.3 is 0 Å². The largest absolute Gasteiger partial charge is 0.369 e. The van der Waals surface area contributed by atoms with Crippen LogP contribution in [0, 0.1) is 0 Å². The number of aromatic nitrogens is 1. The molecule has 0 spiro atoms. The van der Waals surface area contributed by atoms with Crippen LogP contribution in [-0.2, 0) is 0 Å². The average molecular weight is 205 g/mol. The third kappa shape index (κ3) is 3.30. The lowest BCUT2D eigenvalue weighted by molar-refractivity contribution is 0.100. The van der Waals surface area contributed by atoms with Gasteiger partial charge in [-0.1, -0.05) is 0 Å². The van der Waals surface area contributed by atoms with Gasteiger partial charge in [-0.05, 0) is 12.1 Å². The highest BCUT2D eigenvalue weighted by molar-refractivity contribution is 5.99. The van der Waals surface area contributed by atoms with Gasteiger partial charge in [-0.15, -0.1) is 0 Å². The number of carbonyl (C=O) groups excluding carboxylic acids is 2. The van der Waals surface area contributed by atoms with E-state index in [1.165, 1.54) is 24.7 Å². The molecule has 5 heteroatoms. The molecule has 0 saturated heterocycles. The lowest BCUT2D eigenvalue weighted by atomic mass is 10.2. The van der Waals surface area contributed by atoms with Gasteiger partial charge in [-0.3, -0.25) is 14.6 Å². The summed E-state index contributed by atoms with van der Waals surface area (Å²) in [5, 5.41) is 0. The van der Waals surface area contributed by atoms with Crippen molar-refractivity contribution in [2.24, 2.45) is 4.99 Å². The number of carbonyl (C=O) groups is 2. The first-order valence-corrected chi connectivity index (χ1v) is 4.29. The molecule has 0 N–H and O–H groups in total. The standard InChI is InChI=1S/C10H11N3O2/c1-13(2)7-12-10(15)8-3-4-11-9(5-8)6-14/h3-7H,1-2H3. The summed E-state index contributed by atoms with van der Waals surface area (Å²) >= 11 is 0. The highest BCUT2D eigenvalue weighted by atomic mass is 16.1. The summed E-state index contributed by atoms with van der Waals surface area (Å²) in [6.07, 6.45) is 3.40. The lowest BCUT2D eigenvalue weighted by Crippen LogP contribution is -2.10. The van der Waals surface area contributed by atoms with Crippen molar-refractivity contribution in [1.29, 1.82) is 0 Å². The molecule has 0 aliphatic heterocycles. The minimum absolute atomic E-state index is 0.223. The summed E-state index contributed by atoms with van der Waals surface area (Å²) in [5.41, 5.74) is 0.575. The Balaban J connectivity index is 2.86. The minimum atomic E-state index is -0.394. The topological polar surface area (TPSA) is 62.6 Å². The van der Waals surface area contributed by atoms with E-state index >= 15 is 0 Å². The van der Waals surface area contributed by atoms with Crippen LogP contribution in [0.1, 0.15) is 20.8 Å². The van der Waals surface area contributed by atoms with E-state index in [4.69, 9.17) is 0 Å². The normalized spacial score (nSPS) is 10.3. The zero-order valence-electron chi connectivity index (χ0n) is 8.54. The fourth-order valence-electron chi connectivity index (χ4n) is 0.888. The van der Waals surface area contributed by atoms with Crippen molar-refractivity contribution in [3.63, 3.8) is 0 Å². The van der Waals surface area contributed by atoms with Crippen molar-refractivity contribution < 1.29 is 9.59 Å². The van der Waals surface area contributed by atoms with Gasteiger partial charge in [0, 0.05) is 25.9 Å². The quantitative estimate of drug-likeness (QED) is 0.412. The first-order valence-electron chi connectivity index (χ1n) is 4.29. The zero-order chi connectivity index (χ0) is 11.3. The van der Waals surface area contributed by atoms with Gasteiger partial charge in [0.2, 0.25) is 0 Å². The molecule has 0 fully saturated rings. The van der Waals surface area contributed by atoms with Gasteiger partial charge in [-0.25, -0.2) is 0 Å². The predicted octanol–water partition coefficient (Wildman–Crippen LogP) is 0.624. The third-order valence-electron chi connectivity index (χ3n) is 1.55. The number of rotatable bonds is 3. The van der Waals surface area contributed by atoms with Gasteiger partial charge in [0.1, 0.15) is 5.69 Å². The second kappa shape index (κ2) is 4.99. The Kier molecular flexibility index (Phi) is 3.68. The molecule has 15 heavy (non-hydrogen) atoms. The Hall–Kier alpha value is -2.04. The van der Waals surface area contributed by atoms with Crippen LogP contribution in [0.15, 0.2) is 23.3 Å². The van der Waals surface area contributed by atoms with E-state index in [0.717, 1.165) is 0 Å². The molecule has 0 bridgehead atoms. The van der Waals surface area contributed by atoms with Crippen LogP contribution >= 0.6 is 0 Å². The molecule has 0 aliphatic carbocycles. The van der Waals surface area contributed by atoms with Crippen LogP contribution in [0.3, 0.4) is 0 Å². The molecular weight excluding hydrogens is 194 g/mol. The van der Waals surface area contributed by atoms with E-state index < -0.39 is 5.91 Å². The number of aliphatic imine (C=N–C) groups is 1. The second-order valence-corrected chi connectivity index (χ2v) is 3.10. The Morgan fingerprint density at radius 3 is 2.87 bits per heavy atom. The molecule has 78 valence electrons. The van der Waals surface area contributed by atoms with E-state index in [0.29, 0.717) is 11.8 Å². The molecule has 1 aromatic rings. The monoisotopic (exact) mass is 205 g/mol. The van der Waals surface area contributed by atoms with Crippen molar-refractivity contribution in [3.8, 4) is 0 Å². The fourth-order valence-corrected chi connectivity index (χ4v) is 0.888. The third-order valence-corrected chi connectivity index (χ3v) is 1.55. The molecule has 1 amide bonds. The molecule has 0 radical (unpaired) electrons. The van der Waals surface area contributed by atoms with Gasteiger partial charge < -0.3 is 4.90 Å². The Labute approximate surface area is 87.5 Å². The number of hydrogen-bond acceptors (Lipinski definition) is 3. The van der Waals surface area contributed by atoms with Crippen molar-refractivity contribution in [3.05, 3.63) is 29.6 Å². The average Bonchev–Trinajstić information content (AvgIpc) is 2.26. The molecule has 0 aromatic carbocycles. The summed E-state index contributed by atoms with van der Waals surface area (Å²) in [6, 6.07) is 2.92. The van der Waals surface area contributed by atoms with E-state index in [1.54, 1.807) is 19.0 Å². The van der Waals surface area contributed by atoms with E-state index in [9.17, 15) is 9.59 Å². The lowest BCUT2D eigenvalue weighted by Gasteiger charge is -2.01. The van der Waals surface area contributed by atoms with Crippen LogP contribution in [-0.4, -0.2) is 42.5 Å². The molecule has 1 aromatic heterocycles. The SMILES string of the molecule is CN(C)C=NC(=O)c1ccnc(C=O)c1. The summed E-state index contributed by atoms with van der Waals surface area (Å²) < 4.78 is 0. The highest BCUT2D eigenvalue weighted by Crippen LogP contribution is 2.01. The number of aldehydes is 1. The van der Waals surface area contributed by atoms with Crippen LogP contribution < -0.4 is 0 Å². The van der Waals surface area contributed by atoms with Crippen molar-refractivity contribution in [2.45, 2.75) is 0 Å². The van der Waals surface area contributed by atoms with Crippen LogP contribution in [0.4, 0.5) is 0 Å². The summed E-state index contributed by atoms with van der Waals surface area (Å²) in [6.45, 7) is 0. The Morgan fingerprint density at radius 1 is 1.53 bits per heavy atom. The van der Waals surface area contributed by atoms with Crippen molar-refractivity contribution in [1.82, 2.24) is 9.88 Å². The van der Waals surface area contributed by atoms with Crippen LogP contribution in [0.2, 0.25) is 0 Å². The summed E-state index contributed by atoms with van der Waals surface area (Å²) in [4.78, 5) is 31.0. The van der Waals surface area contributed by atoms with Gasteiger partial charge in [0.25, 0.3) is 5.91 Å². The first kappa shape index (κ1) is 11.0. The molecule has 0 saturated carbocycles. The van der Waals surface area contributed by atoms with Crippen molar-refractivity contribution in [2.75, 3.05) is 14.1 Å². The van der Waals surface area contributed by atoms with Crippen LogP contribution in [0.5, 0.6) is 0 Å². The van der Waals surface area contributed by atoms with E-state index in [1.807, 2.05) is 0 Å². The first-order chi connectivity index (χ1) is 7.13.